The first-order valence-electron chi connectivity index (χ1n) is 18.6. The molecule has 0 aliphatic carbocycles. The molecular weight excluding hydrogens is 656 g/mol. The summed E-state index contributed by atoms with van der Waals surface area (Å²) in [4.78, 5) is 5.04. The molecule has 0 aliphatic rings. The van der Waals surface area contributed by atoms with Crippen molar-refractivity contribution in [3.8, 4) is 17.2 Å². The van der Waals surface area contributed by atoms with Gasteiger partial charge in [0.25, 0.3) is 6.43 Å². The van der Waals surface area contributed by atoms with E-state index in [0.717, 1.165) is 42.4 Å². The van der Waals surface area contributed by atoms with Crippen LogP contribution in [-0.4, -0.2) is 35.7 Å². The van der Waals surface area contributed by atoms with Crippen molar-refractivity contribution in [1.29, 1.82) is 0 Å². The first-order valence-corrected chi connectivity index (χ1v) is 18.6. The number of alkyl halides is 2. The lowest BCUT2D eigenvalue weighted by molar-refractivity contribution is 0.0460. The monoisotopic (exact) mass is 713 g/mol. The summed E-state index contributed by atoms with van der Waals surface area (Å²) in [6, 6.07) is 24.5. The Hall–Kier alpha value is -4.23. The van der Waals surface area contributed by atoms with Gasteiger partial charge in [0.2, 0.25) is 0 Å². The van der Waals surface area contributed by atoms with Crippen molar-refractivity contribution in [1.82, 2.24) is 0 Å². The van der Waals surface area contributed by atoms with E-state index in [1.807, 2.05) is 66.7 Å². The lowest BCUT2D eigenvalue weighted by Crippen LogP contribution is -2.42. The number of halogens is 2. The number of rotatable bonds is 16. The first kappa shape index (κ1) is 40.5. The van der Waals surface area contributed by atoms with Crippen LogP contribution in [-0.2, 0) is 22.9 Å². The van der Waals surface area contributed by atoms with Gasteiger partial charge >= 0.3 is 0 Å². The second-order valence-corrected chi connectivity index (χ2v) is 15.7. The van der Waals surface area contributed by atoms with Crippen LogP contribution < -0.4 is 9.47 Å². The maximum absolute atomic E-state index is 14.0. The van der Waals surface area contributed by atoms with Crippen molar-refractivity contribution in [3.05, 3.63) is 124 Å². The number of hydrogen-bond donors (Lipinski definition) is 2. The third-order valence-electron chi connectivity index (χ3n) is 9.47. The molecule has 0 radical (unpaired) electrons. The highest BCUT2D eigenvalue weighted by Crippen LogP contribution is 2.47. The Morgan fingerprint density at radius 1 is 0.712 bits per heavy atom. The van der Waals surface area contributed by atoms with Crippen LogP contribution in [0, 0.1) is 0 Å². The van der Waals surface area contributed by atoms with Crippen LogP contribution in [0.3, 0.4) is 0 Å². The molecule has 0 aliphatic heterocycles. The molecule has 4 aromatic carbocycles. The molecule has 0 bridgehead atoms. The first-order chi connectivity index (χ1) is 24.6. The molecule has 52 heavy (non-hydrogen) atoms. The van der Waals surface area contributed by atoms with E-state index < -0.39 is 18.1 Å². The number of ether oxygens (including phenoxy) is 2. The van der Waals surface area contributed by atoms with Crippen LogP contribution in [0.15, 0.2) is 89.9 Å². The fourth-order valence-corrected chi connectivity index (χ4v) is 6.13. The molecular formula is C45H57F2NO4. The fraction of sp³-hybridized carbons (Fsp3) is 0.444. The van der Waals surface area contributed by atoms with E-state index in [-0.39, 0.29) is 34.1 Å². The SMILES string of the molecule is CCCCOc1ccc(C(C)(C)C)cc1C(O)(c1cc(C(C)(C)C)ccc1OCCCC)C(Cc1ccccc1)N=Cc1cc(C(F)F)ccc1O. The maximum Gasteiger partial charge on any atom is 0.263 e. The lowest BCUT2D eigenvalue weighted by atomic mass is 9.73. The van der Waals surface area contributed by atoms with Gasteiger partial charge in [-0.25, -0.2) is 8.78 Å². The zero-order valence-electron chi connectivity index (χ0n) is 32.2. The molecule has 0 saturated carbocycles. The summed E-state index contributed by atoms with van der Waals surface area (Å²) in [5, 5.41) is 24.8. The van der Waals surface area contributed by atoms with E-state index in [4.69, 9.17) is 14.5 Å². The Balaban J connectivity index is 2.14. The summed E-state index contributed by atoms with van der Waals surface area (Å²) >= 11 is 0. The smallest absolute Gasteiger partial charge is 0.263 e. The number of nitrogens with zero attached hydrogens (tertiary/aromatic N) is 1. The molecule has 280 valence electrons. The van der Waals surface area contributed by atoms with Gasteiger partial charge in [-0.2, -0.15) is 0 Å². The molecule has 0 saturated heterocycles. The third kappa shape index (κ3) is 10.0. The van der Waals surface area contributed by atoms with Crippen LogP contribution >= 0.6 is 0 Å². The van der Waals surface area contributed by atoms with Gasteiger partial charge in [-0.05, 0) is 89.2 Å². The average Bonchev–Trinajstić information content (AvgIpc) is 3.10. The topological polar surface area (TPSA) is 71.3 Å². The van der Waals surface area contributed by atoms with Gasteiger partial charge in [0, 0.05) is 28.5 Å². The largest absolute Gasteiger partial charge is 0.507 e. The van der Waals surface area contributed by atoms with Crippen molar-refractivity contribution < 1.29 is 28.5 Å². The predicted molar refractivity (Wildman–Crippen MR) is 209 cm³/mol. The van der Waals surface area contributed by atoms with Gasteiger partial charge < -0.3 is 19.7 Å². The van der Waals surface area contributed by atoms with Gasteiger partial charge in [-0.15, -0.1) is 0 Å². The van der Waals surface area contributed by atoms with Crippen LogP contribution in [0.4, 0.5) is 8.78 Å². The molecule has 7 heteroatoms. The summed E-state index contributed by atoms with van der Waals surface area (Å²) < 4.78 is 40.6. The van der Waals surface area contributed by atoms with E-state index in [2.05, 4.69) is 55.4 Å². The molecule has 2 N–H and O–H groups in total. The number of aromatic hydroxyl groups is 1. The highest BCUT2D eigenvalue weighted by Gasteiger charge is 2.45. The number of phenolic OH excluding ortho intramolecular Hbond substituents is 1. The molecule has 4 rings (SSSR count). The van der Waals surface area contributed by atoms with Crippen LogP contribution in [0.2, 0.25) is 0 Å². The number of benzene rings is 4. The highest BCUT2D eigenvalue weighted by molar-refractivity contribution is 5.84. The summed E-state index contributed by atoms with van der Waals surface area (Å²) in [5.41, 5.74) is 1.45. The Morgan fingerprint density at radius 3 is 1.69 bits per heavy atom. The minimum atomic E-state index is -2.73. The number of hydrogen-bond acceptors (Lipinski definition) is 5. The van der Waals surface area contributed by atoms with Gasteiger partial charge in [-0.1, -0.05) is 111 Å². The Kier molecular flexibility index (Phi) is 13.7. The van der Waals surface area contributed by atoms with Crippen LogP contribution in [0.25, 0.3) is 0 Å². The predicted octanol–water partition coefficient (Wildman–Crippen LogP) is 11.2. The second kappa shape index (κ2) is 17.5. The average molecular weight is 714 g/mol. The molecule has 0 fully saturated rings. The molecule has 0 spiro atoms. The minimum Gasteiger partial charge on any atom is -0.507 e. The third-order valence-corrected chi connectivity index (χ3v) is 9.47. The Bertz CT molecular complexity index is 1700. The van der Waals surface area contributed by atoms with Crippen molar-refractivity contribution in [2.75, 3.05) is 13.2 Å². The lowest BCUT2D eigenvalue weighted by Gasteiger charge is -2.39. The molecule has 4 aromatic rings. The van der Waals surface area contributed by atoms with Crippen molar-refractivity contribution in [2.24, 2.45) is 4.99 Å². The van der Waals surface area contributed by atoms with E-state index in [0.29, 0.717) is 35.8 Å². The maximum atomic E-state index is 14.0. The van der Waals surface area contributed by atoms with E-state index in [9.17, 15) is 19.0 Å². The van der Waals surface area contributed by atoms with Crippen molar-refractivity contribution >= 4 is 6.21 Å². The quantitative estimate of drug-likeness (QED) is 0.0896. The number of aliphatic hydroxyl groups is 1. The van der Waals surface area contributed by atoms with Crippen LogP contribution in [0.1, 0.15) is 126 Å². The number of phenols is 1. The standard InChI is InChI=1S/C45H57F2NO4/c1-9-11-24-51-39-22-19-34(43(3,4)5)28-36(39)45(50,37-29-35(44(6,7)8)20-23-40(37)52-25-12-10-2)41(26-31-16-14-13-15-17-31)48-30-33-27-32(42(46)47)18-21-38(33)49/h13-23,27-30,41-42,49-50H,9-12,24-26H2,1-8H3. The second-order valence-electron chi connectivity index (χ2n) is 15.7. The van der Waals surface area contributed by atoms with Gasteiger partial charge in [0.1, 0.15) is 22.8 Å². The Morgan fingerprint density at radius 2 is 1.23 bits per heavy atom. The number of aliphatic imine (C=N–C) groups is 1. The minimum absolute atomic E-state index is 0.129. The highest BCUT2D eigenvalue weighted by atomic mass is 19.3. The van der Waals surface area contributed by atoms with Gasteiger partial charge in [-0.3, -0.25) is 4.99 Å². The zero-order chi connectivity index (χ0) is 38.1. The zero-order valence-corrected chi connectivity index (χ0v) is 32.2. The van der Waals surface area contributed by atoms with Gasteiger partial charge in [0.15, 0.2) is 0 Å². The Labute approximate surface area is 309 Å². The van der Waals surface area contributed by atoms with Gasteiger partial charge in [0.05, 0.1) is 19.3 Å². The van der Waals surface area contributed by atoms with Crippen molar-refractivity contribution in [2.45, 2.75) is 116 Å². The normalized spacial score (nSPS) is 13.2. The number of unbranched alkanes of at least 4 members (excludes halogenated alkanes) is 2. The summed E-state index contributed by atoms with van der Waals surface area (Å²) in [6.45, 7) is 17.9. The summed E-state index contributed by atoms with van der Waals surface area (Å²) in [6.07, 6.45) is 2.47. The molecule has 1 atom stereocenters. The summed E-state index contributed by atoms with van der Waals surface area (Å²) in [5.74, 6) is 0.868. The van der Waals surface area contributed by atoms with Crippen molar-refractivity contribution in [3.63, 3.8) is 0 Å². The van der Waals surface area contributed by atoms with E-state index >= 15 is 0 Å². The molecule has 0 heterocycles. The molecule has 0 aromatic heterocycles. The van der Waals surface area contributed by atoms with E-state index in [1.54, 1.807) is 0 Å². The van der Waals surface area contributed by atoms with E-state index in [1.165, 1.54) is 24.4 Å². The summed E-state index contributed by atoms with van der Waals surface area (Å²) in [7, 11) is 0. The molecule has 0 amide bonds. The molecule has 5 nitrogen and oxygen atoms in total. The fourth-order valence-electron chi connectivity index (χ4n) is 6.13. The molecule has 1 unspecified atom stereocenters. The van der Waals surface area contributed by atoms with Crippen LogP contribution in [0.5, 0.6) is 17.2 Å².